The predicted molar refractivity (Wildman–Crippen MR) is 131 cm³/mol. The van der Waals surface area contributed by atoms with Crippen molar-refractivity contribution in [2.24, 2.45) is 11.6 Å². The molecule has 1 aliphatic carbocycles. The van der Waals surface area contributed by atoms with E-state index in [1.807, 2.05) is 11.1 Å². The Morgan fingerprint density at radius 2 is 2.15 bits per heavy atom. The maximum absolute atomic E-state index is 9.84. The zero-order valence-corrected chi connectivity index (χ0v) is 20.5. The van der Waals surface area contributed by atoms with E-state index in [1.54, 1.807) is 6.20 Å². The summed E-state index contributed by atoms with van der Waals surface area (Å²) in [6.07, 6.45) is 9.49. The Morgan fingerprint density at radius 1 is 1.35 bits per heavy atom. The van der Waals surface area contributed by atoms with Crippen molar-refractivity contribution in [2.75, 3.05) is 25.9 Å². The highest BCUT2D eigenvalue weighted by molar-refractivity contribution is 7.16. The number of rotatable bonds is 4. The van der Waals surface area contributed by atoms with Crippen molar-refractivity contribution in [3.8, 4) is 12.1 Å². The number of aromatic nitrogens is 2. The van der Waals surface area contributed by atoms with E-state index in [1.165, 1.54) is 22.6 Å². The first kappa shape index (κ1) is 22.9. The van der Waals surface area contributed by atoms with E-state index in [-0.39, 0.29) is 0 Å². The normalized spacial score (nSPS) is 26.4. The fourth-order valence-electron chi connectivity index (χ4n) is 5.85. The van der Waals surface area contributed by atoms with Crippen LogP contribution in [0.15, 0.2) is 18.0 Å². The molecule has 0 amide bonds. The molecule has 0 aromatic carbocycles. The van der Waals surface area contributed by atoms with Crippen LogP contribution in [0.25, 0.3) is 5.70 Å². The minimum Gasteiger partial charge on any atom is -0.427 e. The van der Waals surface area contributed by atoms with Crippen molar-refractivity contribution in [3.05, 3.63) is 39.7 Å². The summed E-state index contributed by atoms with van der Waals surface area (Å²) in [5.41, 5.74) is 16.1. The first-order chi connectivity index (χ1) is 16.4. The lowest BCUT2D eigenvalue weighted by molar-refractivity contribution is -0.400. The van der Waals surface area contributed by atoms with Crippen molar-refractivity contribution < 1.29 is 9.72 Å². The van der Waals surface area contributed by atoms with E-state index in [0.29, 0.717) is 40.6 Å². The number of allylic oxidation sites excluding steroid dienone is 1. The number of likely N-dealkylation sites (N-methyl/N-ethyl adjacent to an activating group) is 1. The van der Waals surface area contributed by atoms with Gasteiger partial charge in [0.25, 0.3) is 0 Å². The van der Waals surface area contributed by atoms with Crippen LogP contribution < -0.4 is 27.0 Å². The summed E-state index contributed by atoms with van der Waals surface area (Å²) in [5.74, 6) is 6.85. The molecular weight excluding hydrogens is 448 g/mol. The third-order valence-electron chi connectivity index (χ3n) is 7.68. The predicted octanol–water partition coefficient (Wildman–Crippen LogP) is 2.10. The Labute approximate surface area is 204 Å². The molecule has 2 aromatic rings. The summed E-state index contributed by atoms with van der Waals surface area (Å²) >= 11 is 1.52. The summed E-state index contributed by atoms with van der Waals surface area (Å²) in [7, 11) is 2.13. The average Bonchev–Trinajstić information content (AvgIpc) is 3.41. The van der Waals surface area contributed by atoms with Crippen molar-refractivity contribution >= 4 is 22.0 Å². The third-order valence-corrected chi connectivity index (χ3v) is 8.76. The zero-order valence-electron chi connectivity index (χ0n) is 19.6. The molecule has 5 rings (SSSR count). The number of nitrogen functional groups attached to an aromatic ring is 1. The highest BCUT2D eigenvalue weighted by Crippen LogP contribution is 2.52. The number of H-pyrrole nitrogens is 1. The molecular formula is C24H33N8OS+. The lowest BCUT2D eigenvalue weighted by Gasteiger charge is -2.49. The first-order valence-corrected chi connectivity index (χ1v) is 12.8. The van der Waals surface area contributed by atoms with E-state index < -0.39 is 5.54 Å². The van der Waals surface area contributed by atoms with Gasteiger partial charge in [-0.2, -0.15) is 5.26 Å². The third kappa shape index (κ3) is 3.78. The number of nitrogens with two attached hydrogens (primary N) is 3. The number of thiophene rings is 1. The second kappa shape index (κ2) is 9.06. The number of fused-ring (bicyclic) bond motifs is 2. The Kier molecular flexibility index (Phi) is 6.10. The van der Waals surface area contributed by atoms with Gasteiger partial charge in [0.1, 0.15) is 23.4 Å². The van der Waals surface area contributed by atoms with Crippen molar-refractivity contribution in [2.45, 2.75) is 62.9 Å². The SMILES string of the molecule is CN1CCC[C@H]1COc1nc(/C(N)=C2\CCCC3(CCCc4sc(N)c(C#N)c43)N2N)cc[nH+]1. The molecule has 3 aliphatic rings. The molecule has 2 saturated heterocycles. The number of likely N-dealkylation sites (tertiary alicyclic amines) is 1. The molecule has 34 heavy (non-hydrogen) atoms. The Bertz CT molecular complexity index is 1150. The molecule has 1 unspecified atom stereocenters. The number of aryl methyl sites for hydroxylation is 1. The molecule has 2 fully saturated rings. The fraction of sp³-hybridized carbons (Fsp3) is 0.542. The van der Waals surface area contributed by atoms with E-state index in [0.717, 1.165) is 62.8 Å². The Balaban J connectivity index is 1.45. The van der Waals surface area contributed by atoms with Crippen LogP contribution in [-0.4, -0.2) is 41.1 Å². The van der Waals surface area contributed by atoms with Crippen LogP contribution in [0.3, 0.4) is 0 Å². The molecule has 2 aromatic heterocycles. The number of piperidine rings is 1. The highest BCUT2D eigenvalue weighted by Gasteiger charge is 2.47. The van der Waals surface area contributed by atoms with Crippen LogP contribution in [0.1, 0.15) is 66.6 Å². The van der Waals surface area contributed by atoms with Gasteiger partial charge in [0.2, 0.25) is 5.69 Å². The minimum absolute atomic E-state index is 0.403. The number of nitriles is 1. The number of nitrogens with zero attached hydrogens (tertiary/aromatic N) is 4. The number of anilines is 1. The number of aromatic amines is 1. The maximum Gasteiger partial charge on any atom is 0.496 e. The van der Waals surface area contributed by atoms with Crippen LogP contribution in [0.4, 0.5) is 5.00 Å². The van der Waals surface area contributed by atoms with Crippen LogP contribution in [0, 0.1) is 11.3 Å². The molecule has 0 radical (unpaired) electrons. The highest BCUT2D eigenvalue weighted by atomic mass is 32.1. The number of hydrogen-bond acceptors (Lipinski definition) is 9. The van der Waals surface area contributed by atoms with E-state index in [2.05, 4.69) is 28.0 Å². The van der Waals surface area contributed by atoms with Gasteiger partial charge in [-0.3, -0.25) is 0 Å². The summed E-state index contributed by atoms with van der Waals surface area (Å²) in [6, 6.07) is 5.04. The number of nitrogens with one attached hydrogen (secondary N) is 1. The van der Waals surface area contributed by atoms with Gasteiger partial charge in [0.15, 0.2) is 0 Å². The maximum atomic E-state index is 9.84. The standard InChI is InChI=1S/C24H32N8OS/c1-31-12-4-5-15(31)14-33-23-29-11-8-17(30-23)21(26)18-6-2-9-24(32(18)28)10-3-7-19-20(24)16(13-25)22(27)34-19/h8,11,15H,2-7,9-10,12,14,26-28H2,1H3/p+1/b21-18-/t15-,24?/m0/s1. The molecule has 7 N–H and O–H groups in total. The molecule has 180 valence electrons. The number of ether oxygens (including phenoxy) is 1. The Hall–Kier alpha value is -2.87. The van der Waals surface area contributed by atoms with E-state index >= 15 is 0 Å². The molecule has 2 atom stereocenters. The molecule has 0 saturated carbocycles. The largest absolute Gasteiger partial charge is 0.496 e. The van der Waals surface area contributed by atoms with Crippen LogP contribution in [-0.2, 0) is 12.0 Å². The second-order valence-electron chi connectivity index (χ2n) is 9.59. The Morgan fingerprint density at radius 3 is 2.88 bits per heavy atom. The molecule has 2 aliphatic heterocycles. The molecule has 9 nitrogen and oxygen atoms in total. The van der Waals surface area contributed by atoms with Crippen LogP contribution >= 0.6 is 11.3 Å². The van der Waals surface area contributed by atoms with Gasteiger partial charge in [0, 0.05) is 22.5 Å². The smallest absolute Gasteiger partial charge is 0.427 e. The molecule has 4 heterocycles. The van der Waals surface area contributed by atoms with Gasteiger partial charge in [-0.1, -0.05) is 0 Å². The first-order valence-electron chi connectivity index (χ1n) is 12.0. The van der Waals surface area contributed by atoms with Crippen LogP contribution in [0.5, 0.6) is 6.01 Å². The summed E-state index contributed by atoms with van der Waals surface area (Å²) in [6.45, 7) is 1.69. The lowest BCUT2D eigenvalue weighted by Crippen LogP contribution is -2.54. The second-order valence-corrected chi connectivity index (χ2v) is 10.7. The van der Waals surface area contributed by atoms with Gasteiger partial charge in [-0.15, -0.1) is 11.3 Å². The van der Waals surface area contributed by atoms with Crippen molar-refractivity contribution in [1.82, 2.24) is 14.9 Å². The summed E-state index contributed by atoms with van der Waals surface area (Å²) in [5, 5.41) is 12.3. The molecule has 0 bridgehead atoms. The van der Waals surface area contributed by atoms with E-state index in [4.69, 9.17) is 22.0 Å². The van der Waals surface area contributed by atoms with Crippen LogP contribution in [0.2, 0.25) is 0 Å². The summed E-state index contributed by atoms with van der Waals surface area (Å²) < 4.78 is 5.97. The van der Waals surface area contributed by atoms with Crippen molar-refractivity contribution in [1.29, 1.82) is 5.26 Å². The monoisotopic (exact) mass is 481 g/mol. The quantitative estimate of drug-likeness (QED) is 0.563. The van der Waals surface area contributed by atoms with Gasteiger partial charge >= 0.3 is 6.01 Å². The zero-order chi connectivity index (χ0) is 23.9. The topological polar surface area (TPSA) is 145 Å². The minimum atomic E-state index is -0.460. The fourth-order valence-corrected chi connectivity index (χ4v) is 7.01. The molecule has 10 heteroatoms. The summed E-state index contributed by atoms with van der Waals surface area (Å²) in [4.78, 5) is 11.2. The molecule has 1 spiro atoms. The average molecular weight is 482 g/mol. The van der Waals surface area contributed by atoms with Crippen molar-refractivity contribution in [3.63, 3.8) is 0 Å². The van der Waals surface area contributed by atoms with Gasteiger partial charge < -0.3 is 26.1 Å². The van der Waals surface area contributed by atoms with Gasteiger partial charge in [-0.05, 0) is 69.9 Å². The van der Waals surface area contributed by atoms with E-state index in [9.17, 15) is 5.26 Å². The van der Waals surface area contributed by atoms with Gasteiger partial charge in [0.05, 0.1) is 23.0 Å². The lowest BCUT2D eigenvalue weighted by atomic mass is 9.72. The number of hydrogen-bond donors (Lipinski definition) is 3. The number of hydrazine groups is 1. The van der Waals surface area contributed by atoms with Gasteiger partial charge in [-0.25, -0.2) is 10.8 Å².